The van der Waals surface area contributed by atoms with Crippen LogP contribution in [0.1, 0.15) is 21.6 Å². The predicted molar refractivity (Wildman–Crippen MR) is 126 cm³/mol. The van der Waals surface area contributed by atoms with E-state index in [-0.39, 0.29) is 18.1 Å². The minimum atomic E-state index is -4.42. The lowest BCUT2D eigenvalue weighted by Gasteiger charge is -2.36. The molecule has 186 valence electrons. The summed E-state index contributed by atoms with van der Waals surface area (Å²) in [5.41, 5.74) is 1.96. The molecule has 1 saturated heterocycles. The Morgan fingerprint density at radius 1 is 1.00 bits per heavy atom. The molecule has 0 saturated carbocycles. The summed E-state index contributed by atoms with van der Waals surface area (Å²) in [6.45, 7) is 1.66. The first-order valence-electron chi connectivity index (χ1n) is 11.2. The van der Waals surface area contributed by atoms with Crippen molar-refractivity contribution >= 4 is 28.4 Å². The minimum Gasteiger partial charge on any atom is -0.463 e. The van der Waals surface area contributed by atoms with E-state index in [0.29, 0.717) is 54.2 Å². The van der Waals surface area contributed by atoms with Gasteiger partial charge in [-0.05, 0) is 23.8 Å². The van der Waals surface area contributed by atoms with Gasteiger partial charge in [-0.15, -0.1) is 0 Å². The molecule has 3 heterocycles. The molecule has 2 aromatic heterocycles. The zero-order chi connectivity index (χ0) is 25.4. The number of nitro groups is 1. The lowest BCUT2D eigenvalue weighted by Crippen LogP contribution is -2.49. The van der Waals surface area contributed by atoms with Crippen LogP contribution < -0.4 is 4.90 Å². The van der Waals surface area contributed by atoms with Crippen molar-refractivity contribution in [3.05, 3.63) is 93.9 Å². The van der Waals surface area contributed by atoms with E-state index >= 15 is 0 Å². The van der Waals surface area contributed by atoms with Gasteiger partial charge in [-0.2, -0.15) is 13.2 Å². The highest BCUT2D eigenvalue weighted by atomic mass is 19.4. The lowest BCUT2D eigenvalue weighted by atomic mass is 10.1. The quantitative estimate of drug-likeness (QED) is 0.280. The molecule has 0 atom stereocenters. The van der Waals surface area contributed by atoms with Crippen molar-refractivity contribution in [3.8, 4) is 0 Å². The number of anilines is 1. The number of carbonyl (C=O) groups is 1. The number of fused-ring (bicyclic) bond motifs is 1. The number of hydrogen-bond donors (Lipinski definition) is 0. The fourth-order valence-electron chi connectivity index (χ4n) is 4.48. The largest absolute Gasteiger partial charge is 0.463 e. The molecular formula is C25H21F3N4O4. The maximum atomic E-state index is 13.5. The number of amides is 1. The number of nitrogens with zero attached hydrogens (tertiary/aromatic N) is 4. The molecule has 1 amide bonds. The van der Waals surface area contributed by atoms with Gasteiger partial charge in [-0.3, -0.25) is 14.9 Å². The molecule has 1 aliphatic heterocycles. The van der Waals surface area contributed by atoms with Crippen LogP contribution in [0, 0.1) is 10.1 Å². The Bertz CT molecular complexity index is 1430. The number of halogens is 3. The Hall–Kier alpha value is -4.28. The number of carbonyl (C=O) groups excluding carboxylic acids is 1. The predicted octanol–water partition coefficient (Wildman–Crippen LogP) is 5.17. The van der Waals surface area contributed by atoms with Crippen LogP contribution >= 0.6 is 0 Å². The van der Waals surface area contributed by atoms with Crippen molar-refractivity contribution in [1.82, 2.24) is 9.47 Å². The van der Waals surface area contributed by atoms with Crippen LogP contribution in [0.3, 0.4) is 0 Å². The van der Waals surface area contributed by atoms with Crippen LogP contribution in [0.15, 0.2) is 71.3 Å². The Balaban J connectivity index is 1.35. The van der Waals surface area contributed by atoms with E-state index in [1.165, 1.54) is 24.5 Å². The highest BCUT2D eigenvalue weighted by Gasteiger charge is 2.32. The Morgan fingerprint density at radius 3 is 2.47 bits per heavy atom. The van der Waals surface area contributed by atoms with Gasteiger partial charge in [0.2, 0.25) is 0 Å². The first-order chi connectivity index (χ1) is 17.2. The molecule has 0 aliphatic carbocycles. The van der Waals surface area contributed by atoms with Crippen LogP contribution in [-0.4, -0.2) is 46.5 Å². The molecule has 0 spiro atoms. The Morgan fingerprint density at radius 2 is 1.75 bits per heavy atom. The molecule has 11 heteroatoms. The van der Waals surface area contributed by atoms with Crippen molar-refractivity contribution in [3.63, 3.8) is 0 Å². The van der Waals surface area contributed by atoms with Gasteiger partial charge < -0.3 is 18.8 Å². The van der Waals surface area contributed by atoms with Gasteiger partial charge in [0, 0.05) is 62.7 Å². The molecule has 4 aromatic rings. The number of aromatic nitrogens is 1. The summed E-state index contributed by atoms with van der Waals surface area (Å²) in [5.74, 6) is -0.240. The smallest absolute Gasteiger partial charge is 0.416 e. The number of hydrogen-bond acceptors (Lipinski definition) is 5. The summed E-state index contributed by atoms with van der Waals surface area (Å²) >= 11 is 0. The van der Waals surface area contributed by atoms with E-state index < -0.39 is 16.7 Å². The minimum absolute atomic E-state index is 0.0401. The molecule has 2 aromatic carbocycles. The third kappa shape index (κ3) is 4.51. The number of benzene rings is 2. The topological polar surface area (TPSA) is 84.8 Å². The molecule has 8 nitrogen and oxygen atoms in total. The zero-order valence-corrected chi connectivity index (χ0v) is 18.9. The summed E-state index contributed by atoms with van der Waals surface area (Å²) in [4.78, 5) is 27.7. The van der Waals surface area contributed by atoms with Crippen LogP contribution in [0.4, 0.5) is 24.5 Å². The van der Waals surface area contributed by atoms with Gasteiger partial charge in [0.25, 0.3) is 11.6 Å². The number of rotatable bonds is 5. The molecule has 36 heavy (non-hydrogen) atoms. The van der Waals surface area contributed by atoms with Crippen molar-refractivity contribution in [2.45, 2.75) is 12.7 Å². The highest BCUT2D eigenvalue weighted by molar-refractivity contribution is 5.97. The van der Waals surface area contributed by atoms with Gasteiger partial charge in [0.15, 0.2) is 5.58 Å². The average Bonchev–Trinajstić information content (AvgIpc) is 3.46. The molecule has 0 radical (unpaired) electrons. The normalized spacial score (nSPS) is 14.4. The summed E-state index contributed by atoms with van der Waals surface area (Å²) in [6, 6.07) is 14.8. The molecule has 1 aliphatic rings. The van der Waals surface area contributed by atoms with E-state index in [1.807, 2.05) is 4.90 Å². The van der Waals surface area contributed by atoms with Crippen molar-refractivity contribution in [2.24, 2.45) is 0 Å². The summed E-state index contributed by atoms with van der Waals surface area (Å²) < 4.78 is 46.5. The van der Waals surface area contributed by atoms with Gasteiger partial charge in [0.1, 0.15) is 5.69 Å². The molecule has 5 rings (SSSR count). The number of furan rings is 1. The second-order valence-corrected chi connectivity index (χ2v) is 8.54. The third-order valence-electron chi connectivity index (χ3n) is 6.31. The lowest BCUT2D eigenvalue weighted by molar-refractivity contribution is -0.384. The second-order valence-electron chi connectivity index (χ2n) is 8.54. The number of non-ortho nitro benzene ring substituents is 1. The van der Waals surface area contributed by atoms with Crippen molar-refractivity contribution < 1.29 is 27.3 Å². The first kappa shape index (κ1) is 23.5. The van der Waals surface area contributed by atoms with Gasteiger partial charge in [-0.25, -0.2) is 0 Å². The van der Waals surface area contributed by atoms with E-state index in [4.69, 9.17) is 4.42 Å². The standard InChI is InChI=1S/C25H21F3N4O4/c26-25(27,28)18-4-2-5-19(14-18)29-8-10-30(11-9-29)24(33)22-15-23-21(7-12-36-23)31(22)16-17-3-1-6-20(13-17)32(34)35/h1-7,12-15H,8-11,16H2. The van der Waals surface area contributed by atoms with E-state index in [1.54, 1.807) is 39.8 Å². The maximum Gasteiger partial charge on any atom is 0.416 e. The summed E-state index contributed by atoms with van der Waals surface area (Å²) in [5, 5.41) is 11.2. The molecule has 0 unspecified atom stereocenters. The molecular weight excluding hydrogens is 477 g/mol. The first-order valence-corrected chi connectivity index (χ1v) is 11.2. The second kappa shape index (κ2) is 9.06. The number of alkyl halides is 3. The van der Waals surface area contributed by atoms with Crippen LogP contribution in [0.5, 0.6) is 0 Å². The maximum absolute atomic E-state index is 13.5. The van der Waals surface area contributed by atoms with E-state index in [9.17, 15) is 28.1 Å². The van der Waals surface area contributed by atoms with Gasteiger partial charge in [0.05, 0.1) is 22.3 Å². The van der Waals surface area contributed by atoms with Crippen LogP contribution in [-0.2, 0) is 12.7 Å². The summed E-state index contributed by atoms with van der Waals surface area (Å²) in [6.07, 6.45) is -2.91. The SMILES string of the molecule is O=C(c1cc2occc2n1Cc1cccc([N+](=O)[O-])c1)N1CCN(c2cccc(C(F)(F)F)c2)CC1. The van der Waals surface area contributed by atoms with Crippen LogP contribution in [0.2, 0.25) is 0 Å². The molecule has 0 bridgehead atoms. The monoisotopic (exact) mass is 498 g/mol. The van der Waals surface area contributed by atoms with Gasteiger partial charge >= 0.3 is 6.18 Å². The third-order valence-corrected chi connectivity index (χ3v) is 6.31. The molecule has 1 fully saturated rings. The fraction of sp³-hybridized carbons (Fsp3) is 0.240. The number of piperazine rings is 1. The van der Waals surface area contributed by atoms with E-state index in [2.05, 4.69) is 0 Å². The van der Waals surface area contributed by atoms with Crippen LogP contribution in [0.25, 0.3) is 11.1 Å². The molecule has 0 N–H and O–H groups in total. The van der Waals surface area contributed by atoms with Crippen molar-refractivity contribution in [2.75, 3.05) is 31.1 Å². The average molecular weight is 498 g/mol. The van der Waals surface area contributed by atoms with E-state index in [0.717, 1.165) is 12.1 Å². The Kier molecular flexibility index (Phi) is 5.91. The van der Waals surface area contributed by atoms with Gasteiger partial charge in [-0.1, -0.05) is 18.2 Å². The fourth-order valence-corrected chi connectivity index (χ4v) is 4.48. The Labute approximate surface area is 203 Å². The van der Waals surface area contributed by atoms with Crippen molar-refractivity contribution in [1.29, 1.82) is 0 Å². The highest BCUT2D eigenvalue weighted by Crippen LogP contribution is 2.32. The number of nitro benzene ring substituents is 1. The summed E-state index contributed by atoms with van der Waals surface area (Å²) in [7, 11) is 0. The zero-order valence-electron chi connectivity index (χ0n) is 18.9.